The molecule has 0 spiro atoms. The van der Waals surface area contributed by atoms with E-state index in [0.717, 1.165) is 21.8 Å². The summed E-state index contributed by atoms with van der Waals surface area (Å²) in [4.78, 5) is 27.0. The van der Waals surface area contributed by atoms with Crippen LogP contribution < -0.4 is 0 Å². The highest BCUT2D eigenvalue weighted by atomic mass is 32.1. The van der Waals surface area contributed by atoms with Crippen molar-refractivity contribution in [1.29, 1.82) is 0 Å². The van der Waals surface area contributed by atoms with Crippen LogP contribution in [0.1, 0.15) is 40.7 Å². The Bertz CT molecular complexity index is 766. The lowest BCUT2D eigenvalue weighted by atomic mass is 9.87. The summed E-state index contributed by atoms with van der Waals surface area (Å²) in [6.07, 6.45) is 0.662. The first-order valence-corrected chi connectivity index (χ1v) is 8.83. The van der Waals surface area contributed by atoms with Gasteiger partial charge in [0.25, 0.3) is 0 Å². The van der Waals surface area contributed by atoms with Gasteiger partial charge in [0, 0.05) is 36.1 Å². The zero-order valence-corrected chi connectivity index (χ0v) is 14.8. The summed E-state index contributed by atoms with van der Waals surface area (Å²) in [5.74, 6) is -1.40. The van der Waals surface area contributed by atoms with Gasteiger partial charge >= 0.3 is 5.97 Å². The number of hydrogen-bond acceptors (Lipinski definition) is 4. The number of aliphatic carboxylic acids is 1. The van der Waals surface area contributed by atoms with Gasteiger partial charge in [-0.05, 0) is 31.7 Å². The third-order valence-corrected chi connectivity index (χ3v) is 5.79. The average Bonchev–Trinajstić information content (AvgIpc) is 3.13. The minimum atomic E-state index is -0.842. The number of carboxylic acids is 1. The molecule has 6 nitrogen and oxygen atoms in total. The maximum Gasteiger partial charge on any atom is 0.308 e. The molecule has 0 aliphatic carbocycles. The quantitative estimate of drug-likeness (QED) is 0.922. The number of likely N-dealkylation sites (tertiary alicyclic amines) is 1. The number of thiophene rings is 1. The third kappa shape index (κ3) is 2.84. The maximum absolute atomic E-state index is 12.6. The molecule has 2 aromatic heterocycles. The highest BCUT2D eigenvalue weighted by Crippen LogP contribution is 2.40. The molecule has 1 fully saturated rings. The van der Waals surface area contributed by atoms with E-state index in [-0.39, 0.29) is 12.3 Å². The van der Waals surface area contributed by atoms with Crippen molar-refractivity contribution in [2.24, 2.45) is 13.0 Å². The number of nitrogens with zero attached hydrogens (tertiary/aromatic N) is 3. The Morgan fingerprint density at radius 2 is 2.21 bits per heavy atom. The average molecular weight is 347 g/mol. The normalized spacial score (nSPS) is 21.3. The van der Waals surface area contributed by atoms with Crippen molar-refractivity contribution in [2.45, 2.75) is 39.3 Å². The van der Waals surface area contributed by atoms with Crippen molar-refractivity contribution in [3.63, 3.8) is 0 Å². The molecule has 128 valence electrons. The standard InChI is InChI=1S/C17H21N3O3S/c1-10-13(11(2)19(3)18-10)9-20-15(21)7-6-12(17(22)23)16(20)14-5-4-8-24-14/h4-5,8,12,16H,6-7,9H2,1-3H3,(H,22,23). The summed E-state index contributed by atoms with van der Waals surface area (Å²) >= 11 is 1.50. The van der Waals surface area contributed by atoms with Crippen LogP contribution in [0.5, 0.6) is 0 Å². The third-order valence-electron chi connectivity index (χ3n) is 4.85. The lowest BCUT2D eigenvalue weighted by Gasteiger charge is -2.39. The van der Waals surface area contributed by atoms with E-state index in [1.807, 2.05) is 38.4 Å². The Morgan fingerprint density at radius 3 is 2.75 bits per heavy atom. The summed E-state index contributed by atoms with van der Waals surface area (Å²) in [7, 11) is 1.88. The van der Waals surface area contributed by atoms with Gasteiger partial charge in [0.2, 0.25) is 5.91 Å². The van der Waals surface area contributed by atoms with Crippen LogP contribution in [0.3, 0.4) is 0 Å². The van der Waals surface area contributed by atoms with E-state index in [4.69, 9.17) is 0 Å². The molecule has 2 unspecified atom stereocenters. The molecular weight excluding hydrogens is 326 g/mol. The van der Waals surface area contributed by atoms with Crippen LogP contribution in [0.25, 0.3) is 0 Å². The van der Waals surface area contributed by atoms with Gasteiger partial charge in [-0.1, -0.05) is 6.07 Å². The first kappa shape index (κ1) is 16.7. The predicted molar refractivity (Wildman–Crippen MR) is 90.7 cm³/mol. The van der Waals surface area contributed by atoms with E-state index in [2.05, 4.69) is 5.10 Å². The number of amides is 1. The van der Waals surface area contributed by atoms with Crippen molar-refractivity contribution >= 4 is 23.2 Å². The predicted octanol–water partition coefficient (Wildman–Crippen LogP) is 2.66. The second kappa shape index (κ2) is 6.39. The summed E-state index contributed by atoms with van der Waals surface area (Å²) in [5.41, 5.74) is 2.88. The largest absolute Gasteiger partial charge is 0.481 e. The van der Waals surface area contributed by atoms with Crippen LogP contribution in [0.2, 0.25) is 0 Å². The zero-order valence-electron chi connectivity index (χ0n) is 14.0. The number of aromatic nitrogens is 2. The Kier molecular flexibility index (Phi) is 4.45. The van der Waals surface area contributed by atoms with Gasteiger partial charge in [0.1, 0.15) is 0 Å². The number of hydrogen-bond donors (Lipinski definition) is 1. The summed E-state index contributed by atoms with van der Waals surface area (Å²) in [6, 6.07) is 3.40. The van der Waals surface area contributed by atoms with Crippen molar-refractivity contribution in [3.05, 3.63) is 39.3 Å². The van der Waals surface area contributed by atoms with Crippen molar-refractivity contribution in [2.75, 3.05) is 0 Å². The van der Waals surface area contributed by atoms with Gasteiger partial charge in [-0.3, -0.25) is 14.3 Å². The fourth-order valence-electron chi connectivity index (χ4n) is 3.43. The zero-order chi connectivity index (χ0) is 17.4. The van der Waals surface area contributed by atoms with E-state index < -0.39 is 17.9 Å². The first-order valence-electron chi connectivity index (χ1n) is 7.95. The number of piperidine rings is 1. The van der Waals surface area contributed by atoms with Crippen LogP contribution in [-0.4, -0.2) is 31.7 Å². The molecule has 0 saturated carbocycles. The van der Waals surface area contributed by atoms with Crippen LogP contribution in [0, 0.1) is 19.8 Å². The smallest absolute Gasteiger partial charge is 0.308 e. The molecule has 0 aromatic carbocycles. The molecule has 1 N–H and O–H groups in total. The summed E-state index contributed by atoms with van der Waals surface area (Å²) < 4.78 is 1.80. The molecule has 3 heterocycles. The van der Waals surface area contributed by atoms with Gasteiger partial charge in [-0.2, -0.15) is 5.10 Å². The molecule has 1 saturated heterocycles. The molecule has 0 radical (unpaired) electrons. The lowest BCUT2D eigenvalue weighted by Crippen LogP contribution is -2.44. The molecule has 2 atom stereocenters. The van der Waals surface area contributed by atoms with Gasteiger partial charge in [-0.15, -0.1) is 11.3 Å². The fraction of sp³-hybridized carbons (Fsp3) is 0.471. The molecule has 24 heavy (non-hydrogen) atoms. The molecule has 0 bridgehead atoms. The van der Waals surface area contributed by atoms with E-state index in [1.165, 1.54) is 11.3 Å². The molecular formula is C17H21N3O3S. The van der Waals surface area contributed by atoms with Crippen molar-refractivity contribution < 1.29 is 14.7 Å². The highest BCUT2D eigenvalue weighted by molar-refractivity contribution is 7.10. The Labute approximate surface area is 144 Å². The molecule has 1 aliphatic rings. The van der Waals surface area contributed by atoms with Crippen molar-refractivity contribution in [1.82, 2.24) is 14.7 Å². The van der Waals surface area contributed by atoms with Crippen molar-refractivity contribution in [3.8, 4) is 0 Å². The van der Waals surface area contributed by atoms with E-state index >= 15 is 0 Å². The van der Waals surface area contributed by atoms with Crippen LogP contribution in [0.15, 0.2) is 17.5 Å². The monoisotopic (exact) mass is 347 g/mol. The van der Waals surface area contributed by atoms with Gasteiger partial charge < -0.3 is 10.0 Å². The van der Waals surface area contributed by atoms with Gasteiger partial charge in [0.05, 0.1) is 17.7 Å². The molecule has 1 amide bonds. The SMILES string of the molecule is Cc1nn(C)c(C)c1CN1C(=O)CCC(C(=O)O)C1c1cccs1. The number of rotatable bonds is 4. The first-order chi connectivity index (χ1) is 11.4. The summed E-state index contributed by atoms with van der Waals surface area (Å²) in [6.45, 7) is 4.29. The lowest BCUT2D eigenvalue weighted by molar-refractivity contribution is -0.152. The highest BCUT2D eigenvalue weighted by Gasteiger charge is 2.41. The number of carbonyl (C=O) groups is 2. The minimum absolute atomic E-state index is 0.00792. The topological polar surface area (TPSA) is 75.4 Å². The molecule has 7 heteroatoms. The molecule has 3 rings (SSSR count). The van der Waals surface area contributed by atoms with Crippen LogP contribution in [-0.2, 0) is 23.2 Å². The molecule has 2 aromatic rings. The molecule has 1 aliphatic heterocycles. The number of carbonyl (C=O) groups excluding carboxylic acids is 1. The Balaban J connectivity index is 2.01. The number of carboxylic acid groups (broad SMARTS) is 1. The minimum Gasteiger partial charge on any atom is -0.481 e. The van der Waals surface area contributed by atoms with Gasteiger partial charge in [0.15, 0.2) is 0 Å². The van der Waals surface area contributed by atoms with E-state index in [1.54, 1.807) is 9.58 Å². The van der Waals surface area contributed by atoms with Gasteiger partial charge in [-0.25, -0.2) is 0 Å². The second-order valence-electron chi connectivity index (χ2n) is 6.24. The Morgan fingerprint density at radius 1 is 1.46 bits per heavy atom. The number of aryl methyl sites for hydroxylation is 2. The summed E-state index contributed by atoms with van der Waals surface area (Å²) in [5, 5.41) is 16.0. The van der Waals surface area contributed by atoms with Crippen LogP contribution >= 0.6 is 11.3 Å². The second-order valence-corrected chi connectivity index (χ2v) is 7.22. The Hall–Kier alpha value is -2.15. The fourth-order valence-corrected chi connectivity index (χ4v) is 4.33. The van der Waals surface area contributed by atoms with E-state index in [0.29, 0.717) is 13.0 Å². The van der Waals surface area contributed by atoms with E-state index in [9.17, 15) is 14.7 Å². The maximum atomic E-state index is 12.6. The van der Waals surface area contributed by atoms with Crippen LogP contribution in [0.4, 0.5) is 0 Å².